The quantitative estimate of drug-likeness (QED) is 0.792. The first-order valence-electron chi connectivity index (χ1n) is 5.45. The van der Waals surface area contributed by atoms with E-state index in [4.69, 9.17) is 5.11 Å². The van der Waals surface area contributed by atoms with Gasteiger partial charge in [0.15, 0.2) is 0 Å². The number of benzene rings is 1. The average Bonchev–Trinajstić information content (AvgIpc) is 2.31. The summed E-state index contributed by atoms with van der Waals surface area (Å²) in [7, 11) is 0. The second kappa shape index (κ2) is 7.10. The molecule has 2 N–H and O–H groups in total. The van der Waals surface area contributed by atoms with E-state index in [0.717, 1.165) is 0 Å². The molecule has 18 heavy (non-hydrogen) atoms. The van der Waals surface area contributed by atoms with Crippen LogP contribution in [-0.2, 0) is 4.79 Å². The number of carboxylic acid groups (broad SMARTS) is 1. The van der Waals surface area contributed by atoms with Crippen molar-refractivity contribution in [2.24, 2.45) is 0 Å². The Bertz CT molecular complexity index is 451. The van der Waals surface area contributed by atoms with Crippen LogP contribution in [0.5, 0.6) is 0 Å². The van der Waals surface area contributed by atoms with Gasteiger partial charge in [-0.15, -0.1) is 0 Å². The van der Waals surface area contributed by atoms with Gasteiger partial charge in [0.25, 0.3) is 5.91 Å². The van der Waals surface area contributed by atoms with Crippen molar-refractivity contribution in [2.75, 3.05) is 6.54 Å². The zero-order chi connectivity index (χ0) is 13.5. The minimum Gasteiger partial charge on any atom is -0.481 e. The topological polar surface area (TPSA) is 66.4 Å². The molecule has 0 bridgehead atoms. The molecule has 1 aromatic rings. The Hall–Kier alpha value is -1.43. The average molecular weight is 318 g/mol. The van der Waals surface area contributed by atoms with Crippen molar-refractivity contribution < 1.29 is 19.1 Å². The number of carbonyl (C=O) groups excluding carboxylic acids is 1. The molecule has 0 spiro atoms. The third-order valence-corrected chi connectivity index (χ3v) is 2.89. The smallest absolute Gasteiger partial charge is 0.303 e. The molecule has 98 valence electrons. The maximum Gasteiger partial charge on any atom is 0.303 e. The Morgan fingerprint density at radius 2 is 2.06 bits per heavy atom. The van der Waals surface area contributed by atoms with Crippen LogP contribution in [0.2, 0.25) is 0 Å². The highest BCUT2D eigenvalue weighted by molar-refractivity contribution is 9.10. The summed E-state index contributed by atoms with van der Waals surface area (Å²) in [5.41, 5.74) is 0.363. The van der Waals surface area contributed by atoms with Crippen molar-refractivity contribution in [3.8, 4) is 0 Å². The monoisotopic (exact) mass is 317 g/mol. The highest BCUT2D eigenvalue weighted by Crippen LogP contribution is 2.16. The number of rotatable bonds is 6. The highest BCUT2D eigenvalue weighted by atomic mass is 79.9. The van der Waals surface area contributed by atoms with Gasteiger partial charge >= 0.3 is 5.97 Å². The Kier molecular flexibility index (Phi) is 5.77. The molecule has 0 unspecified atom stereocenters. The number of unbranched alkanes of at least 4 members (excludes halogenated alkanes) is 1. The normalized spacial score (nSPS) is 10.1. The molecule has 1 amide bonds. The maximum atomic E-state index is 13.0. The fourth-order valence-electron chi connectivity index (χ4n) is 1.34. The second-order valence-corrected chi connectivity index (χ2v) is 4.59. The van der Waals surface area contributed by atoms with Gasteiger partial charge in [0.2, 0.25) is 0 Å². The van der Waals surface area contributed by atoms with Crippen LogP contribution in [0.4, 0.5) is 4.39 Å². The van der Waals surface area contributed by atoms with Crippen LogP contribution in [0.15, 0.2) is 22.7 Å². The Balaban J connectivity index is 2.36. The van der Waals surface area contributed by atoms with E-state index in [0.29, 0.717) is 24.9 Å². The third-order valence-electron chi connectivity index (χ3n) is 2.28. The predicted molar refractivity (Wildman–Crippen MR) is 67.9 cm³/mol. The number of carbonyl (C=O) groups is 2. The Labute approximate surface area is 112 Å². The first-order valence-corrected chi connectivity index (χ1v) is 6.25. The summed E-state index contributed by atoms with van der Waals surface area (Å²) >= 11 is 3.00. The van der Waals surface area contributed by atoms with Crippen LogP contribution >= 0.6 is 15.9 Å². The van der Waals surface area contributed by atoms with Crippen molar-refractivity contribution in [3.05, 3.63) is 34.1 Å². The second-order valence-electron chi connectivity index (χ2n) is 3.74. The van der Waals surface area contributed by atoms with Gasteiger partial charge in [-0.1, -0.05) is 0 Å². The van der Waals surface area contributed by atoms with Crippen LogP contribution in [-0.4, -0.2) is 23.5 Å². The van der Waals surface area contributed by atoms with E-state index >= 15 is 0 Å². The Morgan fingerprint density at radius 3 is 2.67 bits per heavy atom. The molecular formula is C12H13BrFNO3. The molecule has 1 rings (SSSR count). The predicted octanol–water partition coefficient (Wildman–Crippen LogP) is 2.57. The van der Waals surface area contributed by atoms with Gasteiger partial charge in [-0.25, -0.2) is 4.39 Å². The summed E-state index contributed by atoms with van der Waals surface area (Å²) in [6, 6.07) is 4.01. The van der Waals surface area contributed by atoms with Gasteiger partial charge in [-0.3, -0.25) is 9.59 Å². The van der Waals surface area contributed by atoms with Crippen LogP contribution in [0, 0.1) is 5.82 Å². The summed E-state index contributed by atoms with van der Waals surface area (Å²) < 4.78 is 13.2. The van der Waals surface area contributed by atoms with Crippen molar-refractivity contribution in [1.82, 2.24) is 5.32 Å². The maximum absolute atomic E-state index is 13.0. The van der Waals surface area contributed by atoms with E-state index in [-0.39, 0.29) is 16.8 Å². The molecule has 4 nitrogen and oxygen atoms in total. The zero-order valence-electron chi connectivity index (χ0n) is 9.58. The lowest BCUT2D eigenvalue weighted by Crippen LogP contribution is -2.24. The molecule has 1 aromatic carbocycles. The Morgan fingerprint density at radius 1 is 1.33 bits per heavy atom. The highest BCUT2D eigenvalue weighted by Gasteiger charge is 2.07. The van der Waals surface area contributed by atoms with E-state index in [1.54, 1.807) is 0 Å². The summed E-state index contributed by atoms with van der Waals surface area (Å²) in [6.45, 7) is 0.404. The number of amides is 1. The fraction of sp³-hybridized carbons (Fsp3) is 0.333. The summed E-state index contributed by atoms with van der Waals surface area (Å²) in [5, 5.41) is 11.1. The van der Waals surface area contributed by atoms with Gasteiger partial charge in [0.05, 0.1) is 4.47 Å². The number of halogens is 2. The molecular weight excluding hydrogens is 305 g/mol. The first kappa shape index (κ1) is 14.6. The number of hydrogen-bond donors (Lipinski definition) is 2. The standard InChI is InChI=1S/C12H13BrFNO3/c13-9-7-8(4-5-10(9)14)12(18)15-6-2-1-3-11(16)17/h4-5,7H,1-3,6H2,(H,15,18)(H,16,17). The van der Waals surface area contributed by atoms with E-state index in [1.165, 1.54) is 18.2 Å². The summed E-state index contributed by atoms with van der Waals surface area (Å²) in [6.07, 6.45) is 1.21. The van der Waals surface area contributed by atoms with Gasteiger partial charge in [-0.05, 0) is 47.0 Å². The van der Waals surface area contributed by atoms with Crippen molar-refractivity contribution in [1.29, 1.82) is 0 Å². The largest absolute Gasteiger partial charge is 0.481 e. The number of hydrogen-bond acceptors (Lipinski definition) is 2. The molecule has 0 aliphatic rings. The number of nitrogens with one attached hydrogen (secondary N) is 1. The summed E-state index contributed by atoms with van der Waals surface area (Å²) in [4.78, 5) is 21.9. The molecule has 0 aromatic heterocycles. The van der Waals surface area contributed by atoms with E-state index < -0.39 is 11.8 Å². The lowest BCUT2D eigenvalue weighted by atomic mass is 10.2. The van der Waals surface area contributed by atoms with Crippen LogP contribution in [0.25, 0.3) is 0 Å². The number of carboxylic acids is 1. The van der Waals surface area contributed by atoms with Gasteiger partial charge in [-0.2, -0.15) is 0 Å². The molecule has 0 saturated carbocycles. The van der Waals surface area contributed by atoms with Crippen LogP contribution < -0.4 is 5.32 Å². The van der Waals surface area contributed by atoms with E-state index in [9.17, 15) is 14.0 Å². The molecule has 0 aliphatic carbocycles. The molecule has 6 heteroatoms. The lowest BCUT2D eigenvalue weighted by Gasteiger charge is -2.05. The van der Waals surface area contributed by atoms with E-state index in [1.807, 2.05) is 0 Å². The third kappa shape index (κ3) is 4.83. The molecule has 0 heterocycles. The van der Waals surface area contributed by atoms with Gasteiger partial charge in [0.1, 0.15) is 5.82 Å². The van der Waals surface area contributed by atoms with Crippen LogP contribution in [0.1, 0.15) is 29.6 Å². The number of aliphatic carboxylic acids is 1. The van der Waals surface area contributed by atoms with Crippen LogP contribution in [0.3, 0.4) is 0 Å². The summed E-state index contributed by atoms with van der Waals surface area (Å²) in [5.74, 6) is -1.57. The zero-order valence-corrected chi connectivity index (χ0v) is 11.2. The SMILES string of the molecule is O=C(O)CCCCNC(=O)c1ccc(F)c(Br)c1. The molecule has 0 atom stereocenters. The fourth-order valence-corrected chi connectivity index (χ4v) is 1.72. The molecule has 0 fully saturated rings. The van der Waals surface area contributed by atoms with Crippen molar-refractivity contribution in [3.63, 3.8) is 0 Å². The minimum absolute atomic E-state index is 0.0952. The molecule has 0 aliphatic heterocycles. The lowest BCUT2D eigenvalue weighted by molar-refractivity contribution is -0.137. The molecule has 0 saturated heterocycles. The molecule has 0 radical (unpaired) electrons. The van der Waals surface area contributed by atoms with Crippen molar-refractivity contribution >= 4 is 27.8 Å². The van der Waals surface area contributed by atoms with Gasteiger partial charge in [0, 0.05) is 18.5 Å². The van der Waals surface area contributed by atoms with Crippen molar-refractivity contribution in [2.45, 2.75) is 19.3 Å². The van der Waals surface area contributed by atoms with Gasteiger partial charge < -0.3 is 10.4 Å². The van der Waals surface area contributed by atoms with E-state index in [2.05, 4.69) is 21.2 Å². The first-order chi connectivity index (χ1) is 8.50. The minimum atomic E-state index is -0.844.